The van der Waals surface area contributed by atoms with E-state index in [1.807, 2.05) is 24.3 Å². The van der Waals surface area contributed by atoms with Gasteiger partial charge in [-0.05, 0) is 19.4 Å². The first-order valence-corrected chi connectivity index (χ1v) is 8.91. The molecule has 1 saturated heterocycles. The Hall–Kier alpha value is -2.70. The summed E-state index contributed by atoms with van der Waals surface area (Å²) in [5.41, 5.74) is -0.723. The van der Waals surface area contributed by atoms with Crippen molar-refractivity contribution in [2.24, 2.45) is 0 Å². The van der Waals surface area contributed by atoms with Gasteiger partial charge in [-0.1, -0.05) is 60.7 Å². The molecule has 1 heterocycles. The van der Waals surface area contributed by atoms with Gasteiger partial charge in [0.25, 0.3) is 5.60 Å². The zero-order valence-corrected chi connectivity index (χ0v) is 15.3. The second-order valence-corrected chi connectivity index (χ2v) is 5.96. The van der Waals surface area contributed by atoms with Gasteiger partial charge < -0.3 is 18.9 Å². The molecule has 0 aliphatic carbocycles. The number of hydrogen-bond acceptors (Lipinski definition) is 6. The fraction of sp³-hybridized carbons (Fsp3) is 0.333. The number of carbonyl (C=O) groups is 2. The summed E-state index contributed by atoms with van der Waals surface area (Å²) in [6.45, 7) is 3.53. The molecule has 0 amide bonds. The monoisotopic (exact) mass is 370 g/mol. The van der Waals surface area contributed by atoms with Crippen LogP contribution in [0.4, 0.5) is 0 Å². The topological polar surface area (TPSA) is 71.1 Å². The highest BCUT2D eigenvalue weighted by molar-refractivity contribution is 6.05. The normalized spacial score (nSPS) is 20.8. The lowest BCUT2D eigenvalue weighted by Gasteiger charge is -2.28. The van der Waals surface area contributed by atoms with Gasteiger partial charge >= 0.3 is 11.9 Å². The minimum Gasteiger partial charge on any atom is -0.463 e. The van der Waals surface area contributed by atoms with Crippen molar-refractivity contribution in [2.45, 2.75) is 31.8 Å². The number of rotatable bonds is 6. The van der Waals surface area contributed by atoms with Crippen LogP contribution in [0.3, 0.4) is 0 Å². The fourth-order valence-electron chi connectivity index (χ4n) is 3.05. The number of benzene rings is 2. The Labute approximate surface area is 158 Å². The summed E-state index contributed by atoms with van der Waals surface area (Å²) < 4.78 is 22.4. The molecule has 6 nitrogen and oxygen atoms in total. The van der Waals surface area contributed by atoms with Gasteiger partial charge in [0.2, 0.25) is 0 Å². The minimum absolute atomic E-state index is 0.0981. The Balaban J connectivity index is 2.09. The summed E-state index contributed by atoms with van der Waals surface area (Å²) >= 11 is 0. The predicted molar refractivity (Wildman–Crippen MR) is 96.5 cm³/mol. The molecule has 6 heteroatoms. The molecule has 142 valence electrons. The summed E-state index contributed by atoms with van der Waals surface area (Å²) in [5.74, 6) is -1.65. The van der Waals surface area contributed by atoms with Gasteiger partial charge in [0.1, 0.15) is 6.10 Å². The standard InChI is InChI=1S/C21H22O6/c1-3-24-19(22)21(20(23)25-4-2)17(15-11-7-5-8-12-15)26-18(27-21)16-13-9-6-10-14-16/h5-14,17-18H,3-4H2,1-2H3/t17-,18+/m0/s1. The van der Waals surface area contributed by atoms with Crippen LogP contribution in [0.25, 0.3) is 0 Å². The minimum atomic E-state index is -2.03. The predicted octanol–water partition coefficient (Wildman–Crippen LogP) is 3.34. The van der Waals surface area contributed by atoms with Crippen molar-refractivity contribution in [3.8, 4) is 0 Å². The number of carbonyl (C=O) groups excluding carboxylic acids is 2. The molecule has 2 aromatic carbocycles. The molecule has 0 saturated carbocycles. The second-order valence-electron chi connectivity index (χ2n) is 5.96. The molecule has 27 heavy (non-hydrogen) atoms. The summed E-state index contributed by atoms with van der Waals surface area (Å²) in [6.07, 6.45) is -1.91. The van der Waals surface area contributed by atoms with Crippen molar-refractivity contribution in [3.05, 3.63) is 71.8 Å². The first kappa shape index (κ1) is 19.1. The fourth-order valence-corrected chi connectivity index (χ4v) is 3.05. The van der Waals surface area contributed by atoms with Crippen molar-refractivity contribution in [2.75, 3.05) is 13.2 Å². The smallest absolute Gasteiger partial charge is 0.353 e. The van der Waals surface area contributed by atoms with Crippen molar-refractivity contribution in [1.29, 1.82) is 0 Å². The van der Waals surface area contributed by atoms with Crippen LogP contribution in [0.15, 0.2) is 60.7 Å². The molecule has 1 fully saturated rings. The Morgan fingerprint density at radius 1 is 0.852 bits per heavy atom. The van der Waals surface area contributed by atoms with Crippen LogP contribution in [-0.4, -0.2) is 30.8 Å². The molecular weight excluding hydrogens is 348 g/mol. The highest BCUT2D eigenvalue weighted by Crippen LogP contribution is 2.48. The van der Waals surface area contributed by atoms with Crippen LogP contribution in [0, 0.1) is 0 Å². The molecule has 2 atom stereocenters. The van der Waals surface area contributed by atoms with Gasteiger partial charge in [-0.2, -0.15) is 0 Å². The number of ether oxygens (including phenoxy) is 4. The van der Waals surface area contributed by atoms with E-state index >= 15 is 0 Å². The molecule has 0 spiro atoms. The van der Waals surface area contributed by atoms with E-state index in [0.29, 0.717) is 11.1 Å². The summed E-state index contributed by atoms with van der Waals surface area (Å²) in [5, 5.41) is 0. The van der Waals surface area contributed by atoms with Crippen molar-refractivity contribution in [1.82, 2.24) is 0 Å². The molecule has 0 unspecified atom stereocenters. The lowest BCUT2D eigenvalue weighted by Crippen LogP contribution is -2.52. The first-order valence-electron chi connectivity index (χ1n) is 8.91. The van der Waals surface area contributed by atoms with Crippen LogP contribution in [-0.2, 0) is 28.5 Å². The molecule has 0 bridgehead atoms. The number of esters is 2. The Morgan fingerprint density at radius 3 is 1.81 bits per heavy atom. The highest BCUT2D eigenvalue weighted by atomic mass is 16.8. The molecular formula is C21H22O6. The van der Waals surface area contributed by atoms with Gasteiger partial charge in [0.15, 0.2) is 6.29 Å². The van der Waals surface area contributed by atoms with Gasteiger partial charge in [0, 0.05) is 5.56 Å². The maximum atomic E-state index is 12.9. The van der Waals surface area contributed by atoms with Gasteiger partial charge in [-0.3, -0.25) is 0 Å². The van der Waals surface area contributed by atoms with Gasteiger partial charge in [-0.15, -0.1) is 0 Å². The lowest BCUT2D eigenvalue weighted by molar-refractivity contribution is -0.191. The Kier molecular flexibility index (Phi) is 5.88. The van der Waals surface area contributed by atoms with E-state index in [2.05, 4.69) is 0 Å². The molecule has 0 aromatic heterocycles. The average Bonchev–Trinajstić information content (AvgIpc) is 3.12. The third kappa shape index (κ3) is 3.59. The van der Waals surface area contributed by atoms with Crippen molar-refractivity contribution >= 4 is 11.9 Å². The van der Waals surface area contributed by atoms with Crippen molar-refractivity contribution < 1.29 is 28.5 Å². The van der Waals surface area contributed by atoms with E-state index in [1.54, 1.807) is 50.2 Å². The maximum Gasteiger partial charge on any atom is 0.353 e. The van der Waals surface area contributed by atoms with Crippen LogP contribution in [0.2, 0.25) is 0 Å². The number of hydrogen-bond donors (Lipinski definition) is 0. The lowest BCUT2D eigenvalue weighted by atomic mass is 9.91. The second kappa shape index (κ2) is 8.33. The van der Waals surface area contributed by atoms with E-state index < -0.39 is 29.9 Å². The van der Waals surface area contributed by atoms with Crippen molar-refractivity contribution in [3.63, 3.8) is 0 Å². The zero-order chi connectivity index (χ0) is 19.3. The molecule has 2 aromatic rings. The van der Waals surface area contributed by atoms with E-state index in [-0.39, 0.29) is 13.2 Å². The highest BCUT2D eigenvalue weighted by Gasteiger charge is 2.64. The Bertz CT molecular complexity index is 756. The average molecular weight is 370 g/mol. The van der Waals surface area contributed by atoms with Crippen LogP contribution < -0.4 is 0 Å². The summed E-state index contributed by atoms with van der Waals surface area (Å²) in [6, 6.07) is 18.1. The first-order chi connectivity index (χ1) is 13.1. The Morgan fingerprint density at radius 2 is 1.33 bits per heavy atom. The van der Waals surface area contributed by atoms with E-state index in [4.69, 9.17) is 18.9 Å². The molecule has 3 rings (SSSR count). The molecule has 1 aliphatic rings. The van der Waals surface area contributed by atoms with E-state index in [0.717, 1.165) is 0 Å². The largest absolute Gasteiger partial charge is 0.463 e. The quantitative estimate of drug-likeness (QED) is 0.574. The zero-order valence-electron chi connectivity index (χ0n) is 15.3. The molecule has 1 aliphatic heterocycles. The maximum absolute atomic E-state index is 12.9. The van der Waals surface area contributed by atoms with E-state index in [9.17, 15) is 9.59 Å². The molecule has 0 N–H and O–H groups in total. The third-order valence-electron chi connectivity index (χ3n) is 4.25. The SMILES string of the molecule is CCOC(=O)C1(C(=O)OCC)O[C@H](c2ccccc2)O[C@H]1c1ccccc1. The van der Waals surface area contributed by atoms with Crippen LogP contribution in [0.1, 0.15) is 37.4 Å². The van der Waals surface area contributed by atoms with Gasteiger partial charge in [0.05, 0.1) is 13.2 Å². The summed E-state index contributed by atoms with van der Waals surface area (Å²) in [7, 11) is 0. The summed E-state index contributed by atoms with van der Waals surface area (Å²) in [4.78, 5) is 25.8. The van der Waals surface area contributed by atoms with E-state index in [1.165, 1.54) is 0 Å². The van der Waals surface area contributed by atoms with Gasteiger partial charge in [-0.25, -0.2) is 9.59 Å². The third-order valence-corrected chi connectivity index (χ3v) is 4.25. The van der Waals surface area contributed by atoms with Crippen LogP contribution >= 0.6 is 0 Å². The molecule has 0 radical (unpaired) electrons. The van der Waals surface area contributed by atoms with Crippen LogP contribution in [0.5, 0.6) is 0 Å².